The number of hydrogen-bond acceptors (Lipinski definition) is 4. The highest BCUT2D eigenvalue weighted by Crippen LogP contribution is 2.42. The van der Waals surface area contributed by atoms with E-state index in [-0.39, 0.29) is 17.5 Å². The van der Waals surface area contributed by atoms with Crippen LogP contribution in [0.1, 0.15) is 18.7 Å². The molecule has 6 heteroatoms. The summed E-state index contributed by atoms with van der Waals surface area (Å²) in [5.74, 6) is 0.0549. The zero-order valence-corrected chi connectivity index (χ0v) is 10.6. The lowest BCUT2D eigenvalue weighted by atomic mass is 10.2. The fourth-order valence-corrected chi connectivity index (χ4v) is 1.99. The maximum absolute atomic E-state index is 12.9. The first-order valence-electron chi connectivity index (χ1n) is 6.11. The van der Waals surface area contributed by atoms with E-state index in [9.17, 15) is 8.78 Å². The fourth-order valence-electron chi connectivity index (χ4n) is 1.99. The van der Waals surface area contributed by atoms with Crippen molar-refractivity contribution in [3.05, 3.63) is 48.3 Å². The van der Waals surface area contributed by atoms with Crippen LogP contribution in [0.25, 0.3) is 0 Å². The lowest BCUT2D eigenvalue weighted by Gasteiger charge is -2.14. The second-order valence-corrected chi connectivity index (χ2v) is 4.45. The second kappa shape index (κ2) is 4.63. The van der Waals surface area contributed by atoms with Crippen molar-refractivity contribution in [2.24, 2.45) is 0 Å². The van der Waals surface area contributed by atoms with Gasteiger partial charge in [-0.3, -0.25) is 4.98 Å². The molecule has 0 saturated carbocycles. The predicted octanol–water partition coefficient (Wildman–Crippen LogP) is 3.58. The number of aromatic nitrogens is 1. The van der Waals surface area contributed by atoms with Gasteiger partial charge in [-0.15, -0.1) is 8.78 Å². The molecule has 1 aliphatic heterocycles. The van der Waals surface area contributed by atoms with E-state index in [4.69, 9.17) is 0 Å². The number of fused-ring (bicyclic) bond motifs is 1. The molecule has 0 amide bonds. The van der Waals surface area contributed by atoms with E-state index in [1.165, 1.54) is 12.1 Å². The summed E-state index contributed by atoms with van der Waals surface area (Å²) in [4.78, 5) is 4.23. The van der Waals surface area contributed by atoms with Gasteiger partial charge in [0, 0.05) is 18.0 Å². The molecule has 0 saturated heterocycles. The summed E-state index contributed by atoms with van der Waals surface area (Å²) in [7, 11) is 0. The Kier molecular flexibility index (Phi) is 2.93. The first-order chi connectivity index (χ1) is 9.53. The van der Waals surface area contributed by atoms with Crippen molar-refractivity contribution in [1.82, 2.24) is 4.98 Å². The van der Waals surface area contributed by atoms with Gasteiger partial charge in [-0.2, -0.15) is 0 Å². The summed E-state index contributed by atoms with van der Waals surface area (Å²) in [5, 5.41) is 3.17. The van der Waals surface area contributed by atoms with E-state index in [1.807, 2.05) is 25.1 Å². The Morgan fingerprint density at radius 1 is 1.15 bits per heavy atom. The molecule has 0 radical (unpaired) electrons. The molecule has 1 unspecified atom stereocenters. The van der Waals surface area contributed by atoms with Gasteiger partial charge in [-0.05, 0) is 31.2 Å². The standard InChI is InChI=1S/C14H12F2N2O2/c1-9(11-4-2-3-7-17-11)18-10-5-6-12-13(8-10)20-14(15,16)19-12/h2-9,18H,1H3. The molecule has 104 valence electrons. The zero-order chi connectivity index (χ0) is 14.2. The number of halogens is 2. The molecular weight excluding hydrogens is 266 g/mol. The molecule has 0 aliphatic carbocycles. The number of anilines is 1. The van der Waals surface area contributed by atoms with Gasteiger partial charge in [0.1, 0.15) is 0 Å². The largest absolute Gasteiger partial charge is 0.586 e. The summed E-state index contributed by atoms with van der Waals surface area (Å²) in [6.45, 7) is 1.93. The molecule has 0 fully saturated rings. The Hall–Kier alpha value is -2.37. The Morgan fingerprint density at radius 3 is 2.70 bits per heavy atom. The third-order valence-electron chi connectivity index (χ3n) is 2.92. The lowest BCUT2D eigenvalue weighted by molar-refractivity contribution is -0.286. The minimum Gasteiger partial charge on any atom is -0.395 e. The minimum absolute atomic E-state index is 0.0215. The van der Waals surface area contributed by atoms with Gasteiger partial charge in [0.15, 0.2) is 11.5 Å². The van der Waals surface area contributed by atoms with Crippen LogP contribution in [0, 0.1) is 0 Å². The molecule has 0 bridgehead atoms. The molecule has 0 spiro atoms. The molecule has 2 heterocycles. The van der Waals surface area contributed by atoms with E-state index < -0.39 is 6.29 Å². The van der Waals surface area contributed by atoms with Crippen molar-refractivity contribution < 1.29 is 18.3 Å². The molecular formula is C14H12F2N2O2. The van der Waals surface area contributed by atoms with Crippen LogP contribution in [0.5, 0.6) is 11.5 Å². The van der Waals surface area contributed by atoms with E-state index in [1.54, 1.807) is 12.3 Å². The summed E-state index contributed by atoms with van der Waals surface area (Å²) < 4.78 is 34.6. The quantitative estimate of drug-likeness (QED) is 0.932. The third-order valence-corrected chi connectivity index (χ3v) is 2.92. The first-order valence-corrected chi connectivity index (χ1v) is 6.11. The Labute approximate surface area is 114 Å². The average molecular weight is 278 g/mol. The zero-order valence-electron chi connectivity index (χ0n) is 10.6. The van der Waals surface area contributed by atoms with Crippen molar-refractivity contribution in [2.45, 2.75) is 19.3 Å². The van der Waals surface area contributed by atoms with Crippen LogP contribution >= 0.6 is 0 Å². The summed E-state index contributed by atoms with van der Waals surface area (Å²) in [6.07, 6.45) is -1.89. The average Bonchev–Trinajstić information content (AvgIpc) is 2.73. The molecule has 4 nitrogen and oxygen atoms in total. The monoisotopic (exact) mass is 278 g/mol. The van der Waals surface area contributed by atoms with Crippen molar-refractivity contribution >= 4 is 5.69 Å². The number of rotatable bonds is 3. The van der Waals surface area contributed by atoms with Crippen LogP contribution < -0.4 is 14.8 Å². The van der Waals surface area contributed by atoms with E-state index in [0.29, 0.717) is 5.69 Å². The van der Waals surface area contributed by atoms with Gasteiger partial charge >= 0.3 is 6.29 Å². The third kappa shape index (κ3) is 2.49. The molecule has 1 aliphatic rings. The Bertz CT molecular complexity index is 620. The van der Waals surface area contributed by atoms with Gasteiger partial charge in [-0.25, -0.2) is 0 Å². The molecule has 2 aromatic rings. The number of pyridine rings is 1. The number of benzene rings is 1. The number of hydrogen-bond donors (Lipinski definition) is 1. The van der Waals surface area contributed by atoms with Crippen molar-refractivity contribution in [3.63, 3.8) is 0 Å². The summed E-state index contributed by atoms with van der Waals surface area (Å²) >= 11 is 0. The highest BCUT2D eigenvalue weighted by Gasteiger charge is 2.43. The van der Waals surface area contributed by atoms with Crippen molar-refractivity contribution in [3.8, 4) is 11.5 Å². The molecule has 1 aromatic carbocycles. The molecule has 1 aromatic heterocycles. The fraction of sp³-hybridized carbons (Fsp3) is 0.214. The smallest absolute Gasteiger partial charge is 0.395 e. The van der Waals surface area contributed by atoms with E-state index in [2.05, 4.69) is 19.8 Å². The highest BCUT2D eigenvalue weighted by molar-refractivity contribution is 5.56. The van der Waals surface area contributed by atoms with Gasteiger partial charge in [-0.1, -0.05) is 6.07 Å². The second-order valence-electron chi connectivity index (χ2n) is 4.45. The molecule has 20 heavy (non-hydrogen) atoms. The predicted molar refractivity (Wildman–Crippen MR) is 68.9 cm³/mol. The number of alkyl halides is 2. The molecule has 3 rings (SSSR count). The molecule has 1 atom stereocenters. The van der Waals surface area contributed by atoms with Crippen molar-refractivity contribution in [1.29, 1.82) is 0 Å². The lowest BCUT2D eigenvalue weighted by Crippen LogP contribution is -2.25. The van der Waals surface area contributed by atoms with Crippen LogP contribution in [0.4, 0.5) is 14.5 Å². The first kappa shape index (κ1) is 12.7. The molecule has 1 N–H and O–H groups in total. The topological polar surface area (TPSA) is 43.4 Å². The van der Waals surface area contributed by atoms with E-state index in [0.717, 1.165) is 5.69 Å². The van der Waals surface area contributed by atoms with E-state index >= 15 is 0 Å². The van der Waals surface area contributed by atoms with Crippen LogP contribution in [0.15, 0.2) is 42.6 Å². The number of nitrogens with one attached hydrogen (secondary N) is 1. The van der Waals surface area contributed by atoms with Crippen LogP contribution in [-0.2, 0) is 0 Å². The maximum atomic E-state index is 12.9. The van der Waals surface area contributed by atoms with Gasteiger partial charge in [0.05, 0.1) is 11.7 Å². The summed E-state index contributed by atoms with van der Waals surface area (Å²) in [5.41, 5.74) is 1.51. The van der Waals surface area contributed by atoms with Crippen LogP contribution in [0.3, 0.4) is 0 Å². The van der Waals surface area contributed by atoms with Crippen LogP contribution in [0.2, 0.25) is 0 Å². The minimum atomic E-state index is -3.59. The van der Waals surface area contributed by atoms with Gasteiger partial charge in [0.25, 0.3) is 0 Å². The van der Waals surface area contributed by atoms with Gasteiger partial charge < -0.3 is 14.8 Å². The maximum Gasteiger partial charge on any atom is 0.586 e. The summed E-state index contributed by atoms with van der Waals surface area (Å²) in [6, 6.07) is 10.1. The SMILES string of the molecule is CC(Nc1ccc2c(c1)OC(F)(F)O2)c1ccccn1. The normalized spacial score (nSPS) is 16.8. The van der Waals surface area contributed by atoms with Crippen LogP contribution in [-0.4, -0.2) is 11.3 Å². The Morgan fingerprint density at radius 2 is 1.95 bits per heavy atom. The van der Waals surface area contributed by atoms with Crippen molar-refractivity contribution in [2.75, 3.05) is 5.32 Å². The highest BCUT2D eigenvalue weighted by atomic mass is 19.3. The number of ether oxygens (including phenoxy) is 2. The Balaban J connectivity index is 1.77. The number of nitrogens with zero attached hydrogens (tertiary/aromatic N) is 1. The van der Waals surface area contributed by atoms with Gasteiger partial charge in [0.2, 0.25) is 0 Å².